The first kappa shape index (κ1) is 15.4. The van der Waals surface area contributed by atoms with E-state index in [0.29, 0.717) is 16.5 Å². The molecule has 1 heterocycles. The number of nitrogens with zero attached hydrogens (tertiary/aromatic N) is 1. The van der Waals surface area contributed by atoms with Crippen molar-refractivity contribution in [1.82, 2.24) is 9.71 Å². The average molecular weight is 326 g/mol. The minimum Gasteiger partial charge on any atom is -0.375 e. The van der Waals surface area contributed by atoms with Gasteiger partial charge in [-0.15, -0.1) is 11.3 Å². The van der Waals surface area contributed by atoms with Gasteiger partial charge in [-0.2, -0.15) is 0 Å². The van der Waals surface area contributed by atoms with E-state index in [1.54, 1.807) is 17.5 Å². The van der Waals surface area contributed by atoms with Crippen LogP contribution in [0, 0.1) is 0 Å². The van der Waals surface area contributed by atoms with Crippen molar-refractivity contribution in [2.75, 3.05) is 18.1 Å². The Hall–Kier alpha value is -1.97. The molecule has 7 nitrogen and oxygen atoms in total. The summed E-state index contributed by atoms with van der Waals surface area (Å²) in [5.41, 5.74) is 6.47. The van der Waals surface area contributed by atoms with Crippen molar-refractivity contribution in [3.05, 3.63) is 35.3 Å². The van der Waals surface area contributed by atoms with Gasteiger partial charge in [-0.05, 0) is 25.2 Å². The number of thiazole rings is 1. The number of carbonyl (C=O) groups excluding carboxylic acids is 1. The number of carbonyl (C=O) groups is 1. The molecule has 2 rings (SSSR count). The second kappa shape index (κ2) is 6.20. The molecule has 0 aliphatic heterocycles. The summed E-state index contributed by atoms with van der Waals surface area (Å²) in [6.45, 7) is 0. The van der Waals surface area contributed by atoms with Crippen molar-refractivity contribution in [2.45, 2.75) is 11.3 Å². The van der Waals surface area contributed by atoms with Crippen LogP contribution in [0.1, 0.15) is 5.69 Å². The van der Waals surface area contributed by atoms with E-state index in [0.717, 1.165) is 0 Å². The van der Waals surface area contributed by atoms with E-state index in [-0.39, 0.29) is 17.2 Å². The molecule has 0 radical (unpaired) electrons. The summed E-state index contributed by atoms with van der Waals surface area (Å²) in [6.07, 6.45) is 0.0801. The second-order valence-electron chi connectivity index (χ2n) is 4.14. The molecule has 1 aromatic carbocycles. The molecular formula is C12H14N4O3S2. The van der Waals surface area contributed by atoms with Crippen LogP contribution in [0.3, 0.4) is 0 Å². The van der Waals surface area contributed by atoms with Crippen LogP contribution in [0.15, 0.2) is 34.5 Å². The fraction of sp³-hybridized carbons (Fsp3) is 0.167. The van der Waals surface area contributed by atoms with Crippen LogP contribution in [0.4, 0.5) is 10.8 Å². The van der Waals surface area contributed by atoms with Crippen molar-refractivity contribution in [3.63, 3.8) is 0 Å². The minimum absolute atomic E-state index is 0.0801. The maximum Gasteiger partial charge on any atom is 0.240 e. The highest BCUT2D eigenvalue weighted by Gasteiger charge is 2.13. The van der Waals surface area contributed by atoms with E-state index < -0.39 is 10.0 Å². The highest BCUT2D eigenvalue weighted by molar-refractivity contribution is 7.89. The SMILES string of the molecule is CNS(=O)(=O)c1cccc(NC(=O)Cc2csc(N)n2)c1. The number of sulfonamides is 1. The number of nitrogen functional groups attached to an aromatic ring is 1. The molecule has 4 N–H and O–H groups in total. The zero-order chi connectivity index (χ0) is 15.5. The second-order valence-corrected chi connectivity index (χ2v) is 6.91. The van der Waals surface area contributed by atoms with E-state index in [9.17, 15) is 13.2 Å². The molecule has 0 spiro atoms. The van der Waals surface area contributed by atoms with E-state index in [4.69, 9.17) is 5.73 Å². The number of hydrogen-bond donors (Lipinski definition) is 3. The molecule has 0 saturated carbocycles. The van der Waals surface area contributed by atoms with Crippen molar-refractivity contribution in [2.24, 2.45) is 0 Å². The highest BCUT2D eigenvalue weighted by atomic mass is 32.2. The fourth-order valence-electron chi connectivity index (χ4n) is 1.63. The first-order valence-corrected chi connectivity index (χ1v) is 8.30. The molecule has 0 atom stereocenters. The summed E-state index contributed by atoms with van der Waals surface area (Å²) >= 11 is 1.26. The average Bonchev–Trinajstić information content (AvgIpc) is 2.84. The Morgan fingerprint density at radius 1 is 1.43 bits per heavy atom. The summed E-state index contributed by atoms with van der Waals surface area (Å²) in [7, 11) is -2.21. The lowest BCUT2D eigenvalue weighted by atomic mass is 10.3. The molecule has 2 aromatic rings. The largest absolute Gasteiger partial charge is 0.375 e. The third-order valence-electron chi connectivity index (χ3n) is 2.61. The molecule has 1 amide bonds. The topological polar surface area (TPSA) is 114 Å². The van der Waals surface area contributed by atoms with Gasteiger partial charge in [0.2, 0.25) is 15.9 Å². The number of anilines is 2. The predicted molar refractivity (Wildman–Crippen MR) is 81.5 cm³/mol. The third-order valence-corrected chi connectivity index (χ3v) is 4.74. The zero-order valence-electron chi connectivity index (χ0n) is 11.2. The van der Waals surface area contributed by atoms with Crippen LogP contribution in [0.5, 0.6) is 0 Å². The fourth-order valence-corrected chi connectivity index (χ4v) is 2.97. The van der Waals surface area contributed by atoms with Gasteiger partial charge in [0.15, 0.2) is 5.13 Å². The Morgan fingerprint density at radius 2 is 2.19 bits per heavy atom. The molecule has 9 heteroatoms. The Morgan fingerprint density at radius 3 is 2.81 bits per heavy atom. The van der Waals surface area contributed by atoms with Crippen molar-refractivity contribution >= 4 is 38.1 Å². The van der Waals surface area contributed by atoms with Gasteiger partial charge in [-0.25, -0.2) is 18.1 Å². The normalized spacial score (nSPS) is 11.3. The lowest BCUT2D eigenvalue weighted by Crippen LogP contribution is -2.19. The summed E-state index contributed by atoms with van der Waals surface area (Å²) in [6, 6.07) is 6.00. The van der Waals surface area contributed by atoms with Gasteiger partial charge in [0.1, 0.15) is 0 Å². The van der Waals surface area contributed by atoms with Gasteiger partial charge in [0.25, 0.3) is 0 Å². The quantitative estimate of drug-likeness (QED) is 0.752. The number of nitrogens with one attached hydrogen (secondary N) is 2. The van der Waals surface area contributed by atoms with Crippen LogP contribution in [-0.4, -0.2) is 26.4 Å². The minimum atomic E-state index is -3.54. The first-order chi connectivity index (χ1) is 9.90. The summed E-state index contributed by atoms with van der Waals surface area (Å²) < 4.78 is 25.6. The Labute approximate surface area is 126 Å². The number of aromatic nitrogens is 1. The number of hydrogen-bond acceptors (Lipinski definition) is 6. The van der Waals surface area contributed by atoms with Gasteiger partial charge >= 0.3 is 0 Å². The number of benzene rings is 1. The molecule has 112 valence electrons. The molecule has 0 aliphatic rings. The Balaban J connectivity index is 2.09. The van der Waals surface area contributed by atoms with Crippen molar-refractivity contribution in [1.29, 1.82) is 0 Å². The van der Waals surface area contributed by atoms with E-state index in [1.165, 1.54) is 30.5 Å². The molecule has 21 heavy (non-hydrogen) atoms. The predicted octanol–water partition coefficient (Wildman–Crippen LogP) is 0.815. The highest BCUT2D eigenvalue weighted by Crippen LogP contribution is 2.16. The molecular weight excluding hydrogens is 312 g/mol. The zero-order valence-corrected chi connectivity index (χ0v) is 12.8. The first-order valence-electron chi connectivity index (χ1n) is 5.94. The van der Waals surface area contributed by atoms with Gasteiger partial charge < -0.3 is 11.1 Å². The van der Waals surface area contributed by atoms with Crippen LogP contribution in [-0.2, 0) is 21.2 Å². The number of nitrogens with two attached hydrogens (primary N) is 1. The molecule has 1 aromatic heterocycles. The maximum absolute atomic E-state index is 11.9. The Bertz CT molecular complexity index is 755. The van der Waals surface area contributed by atoms with Crippen LogP contribution in [0.25, 0.3) is 0 Å². The summed E-state index contributed by atoms with van der Waals surface area (Å²) in [4.78, 5) is 15.9. The smallest absolute Gasteiger partial charge is 0.240 e. The van der Waals surface area contributed by atoms with Gasteiger partial charge in [0.05, 0.1) is 17.0 Å². The maximum atomic E-state index is 11.9. The lowest BCUT2D eigenvalue weighted by molar-refractivity contribution is -0.115. The van der Waals surface area contributed by atoms with E-state index >= 15 is 0 Å². The van der Waals surface area contributed by atoms with E-state index in [1.807, 2.05) is 0 Å². The lowest BCUT2D eigenvalue weighted by Gasteiger charge is -2.07. The van der Waals surface area contributed by atoms with Gasteiger partial charge in [0, 0.05) is 11.1 Å². The standard InChI is InChI=1S/C12H14N4O3S2/c1-14-21(18,19)10-4-2-3-8(5-10)15-11(17)6-9-7-20-12(13)16-9/h2-5,7,14H,6H2,1H3,(H2,13,16)(H,15,17). The van der Waals surface area contributed by atoms with Crippen molar-refractivity contribution < 1.29 is 13.2 Å². The van der Waals surface area contributed by atoms with Gasteiger partial charge in [-0.1, -0.05) is 6.07 Å². The molecule has 0 fully saturated rings. The number of amides is 1. The van der Waals surface area contributed by atoms with Crippen LogP contribution >= 0.6 is 11.3 Å². The number of rotatable bonds is 5. The van der Waals surface area contributed by atoms with Gasteiger partial charge in [-0.3, -0.25) is 4.79 Å². The third kappa shape index (κ3) is 4.00. The van der Waals surface area contributed by atoms with E-state index in [2.05, 4.69) is 15.0 Å². The van der Waals surface area contributed by atoms with Crippen LogP contribution < -0.4 is 15.8 Å². The molecule has 0 saturated heterocycles. The van der Waals surface area contributed by atoms with Crippen LogP contribution in [0.2, 0.25) is 0 Å². The molecule has 0 bridgehead atoms. The summed E-state index contributed by atoms with van der Waals surface area (Å²) in [5, 5.41) is 4.74. The molecule has 0 aliphatic carbocycles. The molecule has 0 unspecified atom stereocenters. The van der Waals surface area contributed by atoms with Crippen molar-refractivity contribution in [3.8, 4) is 0 Å². The summed E-state index contributed by atoms with van der Waals surface area (Å²) in [5.74, 6) is -0.292. The monoisotopic (exact) mass is 326 g/mol. The Kier molecular flexibility index (Phi) is 4.56.